The number of ether oxygens (including phenoxy) is 5. The molecule has 0 aliphatic rings. The molecule has 2 rings (SSSR count). The van der Waals surface area contributed by atoms with Crippen molar-refractivity contribution >= 4 is 8.32 Å². The zero-order valence-electron chi connectivity index (χ0n) is 22.6. The van der Waals surface area contributed by atoms with E-state index in [0.29, 0.717) is 35.2 Å². The van der Waals surface area contributed by atoms with E-state index >= 15 is 0 Å². The van der Waals surface area contributed by atoms with Gasteiger partial charge in [-0.2, -0.15) is 0 Å². The molecular formula is C28H42O6Si. The van der Waals surface area contributed by atoms with Gasteiger partial charge < -0.3 is 28.1 Å². The zero-order valence-corrected chi connectivity index (χ0v) is 23.6. The van der Waals surface area contributed by atoms with E-state index in [-0.39, 0.29) is 12.2 Å². The first-order valence-corrected chi connectivity index (χ1v) is 14.8. The van der Waals surface area contributed by atoms with Gasteiger partial charge >= 0.3 is 0 Å². The van der Waals surface area contributed by atoms with E-state index in [1.54, 1.807) is 28.4 Å². The van der Waals surface area contributed by atoms with Crippen LogP contribution in [-0.4, -0.2) is 42.9 Å². The minimum absolute atomic E-state index is 0.316. The summed E-state index contributed by atoms with van der Waals surface area (Å²) in [7, 11) is 4.56. The Hall–Kier alpha value is -2.64. The molecule has 2 aromatic carbocycles. The van der Waals surface area contributed by atoms with Gasteiger partial charge in [0.15, 0.2) is 31.3 Å². The highest BCUT2D eigenvalue weighted by Gasteiger charge is 2.36. The van der Waals surface area contributed by atoms with Gasteiger partial charge in [0.25, 0.3) is 0 Å². The maximum atomic E-state index is 7.01. The van der Waals surface area contributed by atoms with Crippen LogP contribution in [0.25, 0.3) is 0 Å². The zero-order chi connectivity index (χ0) is 26.0. The average Bonchev–Trinajstić information content (AvgIpc) is 2.90. The molecule has 0 saturated carbocycles. The fourth-order valence-electron chi connectivity index (χ4n) is 4.32. The minimum Gasteiger partial charge on any atom is -0.493 e. The SMILES string of the molecule is C=CCc1cc(OC)c(OC(C)C(O[Si](CC)(CC)CC)c2ccc(OC)c(OC)c2)c(OC)c1. The summed E-state index contributed by atoms with van der Waals surface area (Å²) in [5, 5.41) is 0. The van der Waals surface area contributed by atoms with Crippen molar-refractivity contribution in [2.24, 2.45) is 0 Å². The van der Waals surface area contributed by atoms with Crippen LogP contribution in [0.4, 0.5) is 0 Å². The number of allylic oxidation sites excluding steroid dienone is 1. The minimum atomic E-state index is -1.98. The third-order valence-electron chi connectivity index (χ3n) is 6.68. The van der Waals surface area contributed by atoms with Crippen molar-refractivity contribution in [3.63, 3.8) is 0 Å². The summed E-state index contributed by atoms with van der Waals surface area (Å²) in [5.74, 6) is 3.12. The Bertz CT molecular complexity index is 923. The van der Waals surface area contributed by atoms with Gasteiger partial charge in [-0.15, -0.1) is 6.58 Å². The van der Waals surface area contributed by atoms with Gasteiger partial charge in [-0.1, -0.05) is 32.9 Å². The monoisotopic (exact) mass is 502 g/mol. The Labute approximate surface area is 212 Å². The van der Waals surface area contributed by atoms with Crippen molar-refractivity contribution in [1.82, 2.24) is 0 Å². The second-order valence-electron chi connectivity index (χ2n) is 8.54. The highest BCUT2D eigenvalue weighted by molar-refractivity contribution is 6.73. The summed E-state index contributed by atoms with van der Waals surface area (Å²) >= 11 is 0. The van der Waals surface area contributed by atoms with Gasteiger partial charge in [-0.05, 0) is 66.9 Å². The summed E-state index contributed by atoms with van der Waals surface area (Å²) in [5.41, 5.74) is 2.01. The maximum Gasteiger partial charge on any atom is 0.203 e. The lowest BCUT2D eigenvalue weighted by Gasteiger charge is -2.36. The van der Waals surface area contributed by atoms with Gasteiger partial charge in [-0.25, -0.2) is 0 Å². The molecule has 0 aliphatic heterocycles. The van der Waals surface area contributed by atoms with Crippen LogP contribution >= 0.6 is 0 Å². The Morgan fingerprint density at radius 3 is 1.80 bits per heavy atom. The second-order valence-corrected chi connectivity index (χ2v) is 13.3. The molecule has 2 unspecified atom stereocenters. The van der Waals surface area contributed by atoms with E-state index in [1.807, 2.05) is 43.3 Å². The molecule has 0 spiro atoms. The predicted octanol–water partition coefficient (Wildman–Crippen LogP) is 6.98. The molecule has 0 N–H and O–H groups in total. The third-order valence-corrected chi connectivity index (χ3v) is 11.3. The molecule has 0 fully saturated rings. The van der Waals surface area contributed by atoms with Crippen LogP contribution in [0.5, 0.6) is 28.7 Å². The van der Waals surface area contributed by atoms with Gasteiger partial charge in [0, 0.05) is 0 Å². The molecule has 6 nitrogen and oxygen atoms in total. The van der Waals surface area contributed by atoms with Crippen molar-refractivity contribution in [2.75, 3.05) is 28.4 Å². The van der Waals surface area contributed by atoms with E-state index in [2.05, 4.69) is 27.4 Å². The van der Waals surface area contributed by atoms with Crippen LogP contribution in [0.15, 0.2) is 43.0 Å². The van der Waals surface area contributed by atoms with E-state index < -0.39 is 8.32 Å². The molecule has 0 aromatic heterocycles. The highest BCUT2D eigenvalue weighted by Crippen LogP contribution is 2.43. The second kappa shape index (κ2) is 13.4. The van der Waals surface area contributed by atoms with E-state index in [0.717, 1.165) is 29.3 Å². The van der Waals surface area contributed by atoms with Crippen LogP contribution in [0.3, 0.4) is 0 Å². The lowest BCUT2D eigenvalue weighted by molar-refractivity contribution is 0.0530. The van der Waals surface area contributed by atoms with Crippen LogP contribution < -0.4 is 23.7 Å². The number of hydrogen-bond donors (Lipinski definition) is 0. The smallest absolute Gasteiger partial charge is 0.203 e. The molecule has 0 heterocycles. The first-order valence-electron chi connectivity index (χ1n) is 12.3. The highest BCUT2D eigenvalue weighted by atomic mass is 28.4. The lowest BCUT2D eigenvalue weighted by atomic mass is 10.0. The standard InChI is InChI=1S/C28H42O6Si/c1-10-14-21-17-25(31-8)28(26(18-21)32-9)33-20(5)27(34-35(11-2,12-3)13-4)22-15-16-23(29-6)24(19-22)30-7/h10,15-20,27H,1,11-14H2,2-9H3. The fourth-order valence-corrected chi connectivity index (χ4v) is 7.18. The quantitative estimate of drug-likeness (QED) is 0.193. The van der Waals surface area contributed by atoms with Crippen LogP contribution in [0.2, 0.25) is 18.1 Å². The van der Waals surface area contributed by atoms with Crippen molar-refractivity contribution < 1.29 is 28.1 Å². The Balaban J connectivity index is 2.56. The normalized spacial score (nSPS) is 13.0. The number of benzene rings is 2. The van der Waals surface area contributed by atoms with Crippen LogP contribution in [0, 0.1) is 0 Å². The van der Waals surface area contributed by atoms with Crippen LogP contribution in [0.1, 0.15) is 44.9 Å². The van der Waals surface area contributed by atoms with Gasteiger partial charge in [0.05, 0.1) is 28.4 Å². The van der Waals surface area contributed by atoms with Crippen molar-refractivity contribution in [3.8, 4) is 28.7 Å². The molecule has 0 bridgehead atoms. The van der Waals surface area contributed by atoms with Crippen molar-refractivity contribution in [3.05, 3.63) is 54.1 Å². The van der Waals surface area contributed by atoms with Gasteiger partial charge in [-0.3, -0.25) is 0 Å². The molecule has 0 saturated heterocycles. The summed E-state index contributed by atoms with van der Waals surface area (Å²) < 4.78 is 36.0. The molecule has 194 valence electrons. The van der Waals surface area contributed by atoms with E-state index in [4.69, 9.17) is 28.1 Å². The molecule has 2 aromatic rings. The molecule has 0 aliphatic carbocycles. The van der Waals surface area contributed by atoms with Crippen molar-refractivity contribution in [2.45, 2.75) is 64.5 Å². The van der Waals surface area contributed by atoms with Crippen molar-refractivity contribution in [1.29, 1.82) is 0 Å². The summed E-state index contributed by atoms with van der Waals surface area (Å²) in [6, 6.07) is 12.9. The van der Waals surface area contributed by atoms with E-state index in [1.165, 1.54) is 0 Å². The predicted molar refractivity (Wildman–Crippen MR) is 144 cm³/mol. The first-order chi connectivity index (χ1) is 16.8. The fraction of sp³-hybridized carbons (Fsp3) is 0.500. The Kier molecular flexibility index (Phi) is 11.0. The number of hydrogen-bond acceptors (Lipinski definition) is 6. The Morgan fingerprint density at radius 2 is 1.34 bits per heavy atom. The average molecular weight is 503 g/mol. The summed E-state index contributed by atoms with van der Waals surface area (Å²) in [6.45, 7) is 12.5. The molecule has 35 heavy (non-hydrogen) atoms. The van der Waals surface area contributed by atoms with Gasteiger partial charge in [0.2, 0.25) is 5.75 Å². The summed E-state index contributed by atoms with van der Waals surface area (Å²) in [6.07, 6.45) is 1.90. The molecule has 7 heteroatoms. The number of rotatable bonds is 15. The number of methoxy groups -OCH3 is 4. The maximum absolute atomic E-state index is 7.01. The van der Waals surface area contributed by atoms with Crippen LogP contribution in [-0.2, 0) is 10.8 Å². The molecular weight excluding hydrogens is 460 g/mol. The Morgan fingerprint density at radius 1 is 0.800 bits per heavy atom. The molecule has 0 amide bonds. The topological polar surface area (TPSA) is 55.4 Å². The largest absolute Gasteiger partial charge is 0.493 e. The van der Waals surface area contributed by atoms with E-state index in [9.17, 15) is 0 Å². The molecule has 2 atom stereocenters. The first kappa shape index (κ1) is 28.6. The van der Waals surface area contributed by atoms with Gasteiger partial charge in [0.1, 0.15) is 12.2 Å². The third kappa shape index (κ3) is 6.73. The molecule has 0 radical (unpaired) electrons. The summed E-state index contributed by atoms with van der Waals surface area (Å²) in [4.78, 5) is 0. The lowest BCUT2D eigenvalue weighted by Crippen LogP contribution is -2.41.